The molecule has 0 spiro atoms. The Balaban J connectivity index is 1.76. The van der Waals surface area contributed by atoms with Gasteiger partial charge < -0.3 is 20.1 Å². The fourth-order valence-electron chi connectivity index (χ4n) is 3.24. The smallest absolute Gasteiger partial charge is 0.171 e. The maximum Gasteiger partial charge on any atom is 0.171 e. The van der Waals surface area contributed by atoms with Crippen LogP contribution in [0.3, 0.4) is 0 Å². The molecule has 26 heavy (non-hydrogen) atoms. The molecule has 138 valence electrons. The highest BCUT2D eigenvalue weighted by Gasteiger charge is 2.34. The molecule has 2 aromatic rings. The van der Waals surface area contributed by atoms with E-state index >= 15 is 0 Å². The number of nitrogens with one attached hydrogen (secondary N) is 2. The monoisotopic (exact) mass is 370 g/mol. The summed E-state index contributed by atoms with van der Waals surface area (Å²) in [6, 6.07) is 14.3. The number of aryl methyl sites for hydroxylation is 1. The van der Waals surface area contributed by atoms with Crippen molar-refractivity contribution in [2.24, 2.45) is 0 Å². The van der Waals surface area contributed by atoms with Crippen LogP contribution in [0, 0.1) is 0 Å². The van der Waals surface area contributed by atoms with Gasteiger partial charge in [-0.3, -0.25) is 0 Å². The van der Waals surface area contributed by atoms with E-state index in [1.807, 2.05) is 18.2 Å². The van der Waals surface area contributed by atoms with Crippen molar-refractivity contribution < 1.29 is 9.47 Å². The zero-order valence-corrected chi connectivity index (χ0v) is 16.6. The van der Waals surface area contributed by atoms with Crippen molar-refractivity contribution in [1.29, 1.82) is 0 Å². The van der Waals surface area contributed by atoms with E-state index in [1.54, 1.807) is 7.11 Å². The third-order valence-electron chi connectivity index (χ3n) is 4.60. The van der Waals surface area contributed by atoms with Crippen LogP contribution in [-0.2, 0) is 6.42 Å². The van der Waals surface area contributed by atoms with Crippen molar-refractivity contribution in [1.82, 2.24) is 5.32 Å². The molecular weight excluding hydrogens is 344 g/mol. The Hall–Kier alpha value is -2.27. The molecule has 0 bridgehead atoms. The highest BCUT2D eigenvalue weighted by atomic mass is 32.1. The number of benzene rings is 2. The van der Waals surface area contributed by atoms with Gasteiger partial charge in [-0.1, -0.05) is 19.1 Å². The van der Waals surface area contributed by atoms with Crippen LogP contribution in [0.25, 0.3) is 0 Å². The molecular formula is C21H26N2O2S. The van der Waals surface area contributed by atoms with E-state index < -0.39 is 0 Å². The van der Waals surface area contributed by atoms with E-state index in [2.05, 4.69) is 55.7 Å². The molecule has 1 aliphatic heterocycles. The average molecular weight is 371 g/mol. The predicted octanol–water partition coefficient (Wildman–Crippen LogP) is 4.85. The van der Waals surface area contributed by atoms with Crippen molar-refractivity contribution in [3.63, 3.8) is 0 Å². The lowest BCUT2D eigenvalue weighted by atomic mass is 9.89. The molecule has 0 saturated carbocycles. The van der Waals surface area contributed by atoms with Crippen LogP contribution in [0.2, 0.25) is 0 Å². The van der Waals surface area contributed by atoms with Crippen molar-refractivity contribution in [2.75, 3.05) is 12.4 Å². The molecule has 0 aliphatic carbocycles. The van der Waals surface area contributed by atoms with Crippen molar-refractivity contribution in [3.05, 3.63) is 53.6 Å². The van der Waals surface area contributed by atoms with E-state index in [0.29, 0.717) is 5.11 Å². The first-order chi connectivity index (χ1) is 12.4. The van der Waals surface area contributed by atoms with E-state index in [-0.39, 0.29) is 11.6 Å². The van der Waals surface area contributed by atoms with E-state index in [4.69, 9.17) is 21.7 Å². The zero-order chi connectivity index (χ0) is 18.7. The summed E-state index contributed by atoms with van der Waals surface area (Å²) >= 11 is 5.55. The van der Waals surface area contributed by atoms with Gasteiger partial charge in [-0.25, -0.2) is 0 Å². The van der Waals surface area contributed by atoms with Gasteiger partial charge >= 0.3 is 0 Å². The number of hydrogen-bond donors (Lipinski definition) is 2. The molecule has 1 aliphatic rings. The molecule has 3 rings (SSSR count). The molecule has 0 aromatic heterocycles. The van der Waals surface area contributed by atoms with Crippen molar-refractivity contribution in [3.8, 4) is 11.5 Å². The van der Waals surface area contributed by atoms with Crippen molar-refractivity contribution >= 4 is 23.0 Å². The normalized spacial score (nSPS) is 17.6. The van der Waals surface area contributed by atoms with Crippen LogP contribution in [0.4, 0.5) is 5.69 Å². The molecule has 2 N–H and O–H groups in total. The van der Waals surface area contributed by atoms with Gasteiger partial charge in [0.25, 0.3) is 0 Å². The molecule has 0 fully saturated rings. The molecule has 1 heterocycles. The lowest BCUT2D eigenvalue weighted by Gasteiger charge is -2.38. The minimum atomic E-state index is -0.266. The summed E-state index contributed by atoms with van der Waals surface area (Å²) in [5.74, 6) is 1.68. The predicted molar refractivity (Wildman–Crippen MR) is 110 cm³/mol. The van der Waals surface area contributed by atoms with Gasteiger partial charge in [0.05, 0.1) is 13.2 Å². The van der Waals surface area contributed by atoms with Crippen LogP contribution in [-0.4, -0.2) is 17.8 Å². The van der Waals surface area contributed by atoms with E-state index in [9.17, 15) is 0 Å². The number of thiocarbonyl (C=S) groups is 1. The summed E-state index contributed by atoms with van der Waals surface area (Å²) in [5.41, 5.74) is 3.09. The maximum absolute atomic E-state index is 6.12. The number of rotatable bonds is 4. The fourth-order valence-corrected chi connectivity index (χ4v) is 3.50. The quantitative estimate of drug-likeness (QED) is 0.754. The van der Waals surface area contributed by atoms with Gasteiger partial charge in [0.2, 0.25) is 0 Å². The highest BCUT2D eigenvalue weighted by Crippen LogP contribution is 2.41. The average Bonchev–Trinajstić information content (AvgIpc) is 2.61. The summed E-state index contributed by atoms with van der Waals surface area (Å²) in [6.07, 6.45) is 1.84. The SMILES string of the molecule is CCc1ccc(NC(=S)N[C@H]2CC(C)(C)Oc3ccc(OC)cc32)cc1. The van der Waals surface area contributed by atoms with Gasteiger partial charge in [-0.05, 0) is 68.4 Å². The minimum absolute atomic E-state index is 0.0544. The van der Waals surface area contributed by atoms with Crippen LogP contribution in [0.1, 0.15) is 44.4 Å². The van der Waals surface area contributed by atoms with Gasteiger partial charge in [0.1, 0.15) is 17.1 Å². The largest absolute Gasteiger partial charge is 0.497 e. The first-order valence-electron chi connectivity index (χ1n) is 8.93. The number of ether oxygens (including phenoxy) is 2. The zero-order valence-electron chi connectivity index (χ0n) is 15.8. The number of hydrogen-bond acceptors (Lipinski definition) is 3. The summed E-state index contributed by atoms with van der Waals surface area (Å²) < 4.78 is 11.5. The van der Waals surface area contributed by atoms with Gasteiger partial charge in [-0.2, -0.15) is 0 Å². The molecule has 2 aromatic carbocycles. The lowest BCUT2D eigenvalue weighted by Crippen LogP contribution is -2.42. The van der Waals surface area contributed by atoms with Crippen LogP contribution < -0.4 is 20.1 Å². The summed E-state index contributed by atoms with van der Waals surface area (Å²) in [5, 5.41) is 7.32. The summed E-state index contributed by atoms with van der Waals surface area (Å²) in [4.78, 5) is 0. The van der Waals surface area contributed by atoms with Crippen molar-refractivity contribution in [2.45, 2.75) is 45.3 Å². The Morgan fingerprint density at radius 1 is 1.23 bits per heavy atom. The number of methoxy groups -OCH3 is 1. The highest BCUT2D eigenvalue weighted by molar-refractivity contribution is 7.80. The summed E-state index contributed by atoms with van der Waals surface area (Å²) in [6.45, 7) is 6.33. The molecule has 4 nitrogen and oxygen atoms in total. The van der Waals surface area contributed by atoms with Crippen LogP contribution in [0.15, 0.2) is 42.5 Å². The Bertz CT molecular complexity index is 787. The van der Waals surface area contributed by atoms with Crippen LogP contribution >= 0.6 is 12.2 Å². The van der Waals surface area contributed by atoms with E-state index in [0.717, 1.165) is 35.6 Å². The molecule has 0 radical (unpaired) electrons. The Morgan fingerprint density at radius 3 is 2.62 bits per heavy atom. The molecule has 0 amide bonds. The van der Waals surface area contributed by atoms with Crippen LogP contribution in [0.5, 0.6) is 11.5 Å². The first kappa shape index (κ1) is 18.5. The Labute approximate surface area is 160 Å². The van der Waals surface area contributed by atoms with Gasteiger partial charge in [0.15, 0.2) is 5.11 Å². The van der Waals surface area contributed by atoms with Gasteiger partial charge in [0, 0.05) is 17.7 Å². The number of fused-ring (bicyclic) bond motifs is 1. The number of anilines is 1. The second-order valence-corrected chi connectivity index (χ2v) is 7.58. The third kappa shape index (κ3) is 4.28. The molecule has 1 atom stereocenters. The second kappa shape index (κ2) is 7.54. The molecule has 0 saturated heterocycles. The molecule has 5 heteroatoms. The molecule has 0 unspecified atom stereocenters. The second-order valence-electron chi connectivity index (χ2n) is 7.17. The minimum Gasteiger partial charge on any atom is -0.497 e. The Kier molecular flexibility index (Phi) is 5.37. The Morgan fingerprint density at radius 2 is 1.96 bits per heavy atom. The van der Waals surface area contributed by atoms with E-state index in [1.165, 1.54) is 5.56 Å². The first-order valence-corrected chi connectivity index (χ1v) is 9.34. The standard InChI is InChI=1S/C21H26N2O2S/c1-5-14-6-8-15(9-7-14)22-20(26)23-18-13-21(2,3)25-19-11-10-16(24-4)12-17(18)19/h6-12,18H,5,13H2,1-4H3,(H2,22,23,26)/t18-/m0/s1. The fraction of sp³-hybridized carbons (Fsp3) is 0.381. The van der Waals surface area contributed by atoms with Gasteiger partial charge in [-0.15, -0.1) is 0 Å². The third-order valence-corrected chi connectivity index (χ3v) is 4.82. The summed E-state index contributed by atoms with van der Waals surface area (Å²) in [7, 11) is 1.67. The lowest BCUT2D eigenvalue weighted by molar-refractivity contribution is 0.0695. The maximum atomic E-state index is 6.12. The topological polar surface area (TPSA) is 42.5 Å².